The Balaban J connectivity index is 1.83. The normalized spacial score (nSPS) is 16.9. The molecule has 3 rings (SSSR count). The first-order chi connectivity index (χ1) is 14.2. The zero-order valence-electron chi connectivity index (χ0n) is 17.4. The van der Waals surface area contributed by atoms with Crippen LogP contribution in [0.4, 0.5) is 5.69 Å². The number of sulfonamides is 1. The molecule has 2 heterocycles. The smallest absolute Gasteiger partial charge is 0.275 e. The molecular formula is C21H27N3O5S. The molecule has 1 aliphatic heterocycles. The van der Waals surface area contributed by atoms with E-state index < -0.39 is 15.6 Å². The number of pyridine rings is 1. The summed E-state index contributed by atoms with van der Waals surface area (Å²) in [4.78, 5) is 27.4. The van der Waals surface area contributed by atoms with Gasteiger partial charge in [-0.1, -0.05) is 6.92 Å². The highest BCUT2D eigenvalue weighted by Crippen LogP contribution is 2.19. The summed E-state index contributed by atoms with van der Waals surface area (Å²) in [5, 5.41) is 0. The molecule has 1 atom stereocenters. The van der Waals surface area contributed by atoms with E-state index in [2.05, 4.69) is 11.6 Å². The van der Waals surface area contributed by atoms with Gasteiger partial charge in [0, 0.05) is 18.8 Å². The molecule has 30 heavy (non-hydrogen) atoms. The van der Waals surface area contributed by atoms with Gasteiger partial charge in [0.2, 0.25) is 5.91 Å². The number of carbonyl (C=O) groups is 1. The Morgan fingerprint density at radius 3 is 2.53 bits per heavy atom. The van der Waals surface area contributed by atoms with E-state index in [9.17, 15) is 18.0 Å². The maximum atomic E-state index is 12.9. The second-order valence-electron chi connectivity index (χ2n) is 7.65. The first-order valence-corrected chi connectivity index (χ1v) is 11.3. The molecule has 9 heteroatoms. The summed E-state index contributed by atoms with van der Waals surface area (Å²) in [5.41, 5.74) is -0.0625. The number of carbonyl (C=O) groups excluding carboxylic acids is 1. The van der Waals surface area contributed by atoms with Crippen LogP contribution >= 0.6 is 0 Å². The van der Waals surface area contributed by atoms with Crippen molar-refractivity contribution in [3.8, 4) is 5.75 Å². The monoisotopic (exact) mass is 433 g/mol. The summed E-state index contributed by atoms with van der Waals surface area (Å²) in [6, 6.07) is 8.90. The van der Waals surface area contributed by atoms with Crippen molar-refractivity contribution < 1.29 is 17.9 Å². The largest absolute Gasteiger partial charge is 0.497 e. The van der Waals surface area contributed by atoms with Gasteiger partial charge in [-0.3, -0.25) is 14.3 Å². The molecule has 162 valence electrons. The number of hydrogen-bond donors (Lipinski definition) is 1. The van der Waals surface area contributed by atoms with E-state index in [0.29, 0.717) is 30.5 Å². The van der Waals surface area contributed by atoms with Crippen LogP contribution in [0, 0.1) is 12.8 Å². The summed E-state index contributed by atoms with van der Waals surface area (Å²) in [5.74, 6) is 0.822. The van der Waals surface area contributed by atoms with Crippen molar-refractivity contribution in [1.82, 2.24) is 9.47 Å². The Kier molecular flexibility index (Phi) is 6.50. The summed E-state index contributed by atoms with van der Waals surface area (Å²) < 4.78 is 34.1. The number of nitrogens with one attached hydrogen (secondary N) is 1. The number of rotatable bonds is 6. The Bertz CT molecular complexity index is 1080. The van der Waals surface area contributed by atoms with Crippen LogP contribution < -0.4 is 15.0 Å². The molecule has 1 aliphatic rings. The van der Waals surface area contributed by atoms with Gasteiger partial charge < -0.3 is 14.2 Å². The van der Waals surface area contributed by atoms with E-state index in [1.54, 1.807) is 17.9 Å². The van der Waals surface area contributed by atoms with E-state index >= 15 is 0 Å². The Morgan fingerprint density at radius 1 is 1.20 bits per heavy atom. The van der Waals surface area contributed by atoms with Crippen molar-refractivity contribution in [2.75, 3.05) is 24.9 Å². The molecule has 1 aromatic heterocycles. The topological polar surface area (TPSA) is 97.7 Å². The van der Waals surface area contributed by atoms with Crippen molar-refractivity contribution in [3.05, 3.63) is 52.4 Å². The van der Waals surface area contributed by atoms with Gasteiger partial charge in [0.15, 0.2) is 0 Å². The maximum Gasteiger partial charge on any atom is 0.275 e. The van der Waals surface area contributed by atoms with E-state index in [1.807, 2.05) is 0 Å². The number of ether oxygens (including phenoxy) is 1. The van der Waals surface area contributed by atoms with Gasteiger partial charge in [0.05, 0.1) is 12.0 Å². The minimum absolute atomic E-state index is 0.00760. The number of aromatic nitrogens is 1. The molecule has 0 spiro atoms. The fourth-order valence-electron chi connectivity index (χ4n) is 3.55. The van der Waals surface area contributed by atoms with Crippen molar-refractivity contribution >= 4 is 21.6 Å². The Hall–Kier alpha value is -2.81. The van der Waals surface area contributed by atoms with Crippen LogP contribution in [0.15, 0.2) is 46.1 Å². The summed E-state index contributed by atoms with van der Waals surface area (Å²) >= 11 is 0. The third-order valence-corrected chi connectivity index (χ3v) is 6.69. The van der Waals surface area contributed by atoms with Crippen LogP contribution in [0.3, 0.4) is 0 Å². The van der Waals surface area contributed by atoms with Crippen LogP contribution in [-0.4, -0.2) is 44.0 Å². The van der Waals surface area contributed by atoms with Gasteiger partial charge in [-0.2, -0.15) is 0 Å². The number of likely N-dealkylation sites (tertiary alicyclic amines) is 1. The standard InChI is InChI=1S/C21H27N3O5S/c1-15-5-4-12-23(13-15)20(25)14-24-16(2)6-11-19(21(24)26)22-30(27,28)18-9-7-17(29-3)8-10-18/h6-11,15,22H,4-5,12-14H2,1-3H3. The molecule has 8 nitrogen and oxygen atoms in total. The molecule has 1 amide bonds. The molecular weight excluding hydrogens is 406 g/mol. The lowest BCUT2D eigenvalue weighted by Gasteiger charge is -2.31. The van der Waals surface area contributed by atoms with Crippen LogP contribution in [-0.2, 0) is 21.4 Å². The van der Waals surface area contributed by atoms with Gasteiger partial charge in [0.25, 0.3) is 15.6 Å². The van der Waals surface area contributed by atoms with Gasteiger partial charge >= 0.3 is 0 Å². The van der Waals surface area contributed by atoms with Crippen LogP contribution in [0.5, 0.6) is 5.75 Å². The lowest BCUT2D eigenvalue weighted by Crippen LogP contribution is -2.42. The van der Waals surface area contributed by atoms with E-state index in [0.717, 1.165) is 12.8 Å². The van der Waals surface area contributed by atoms with Gasteiger partial charge in [-0.25, -0.2) is 8.42 Å². The minimum atomic E-state index is -3.96. The van der Waals surface area contributed by atoms with Gasteiger partial charge in [-0.15, -0.1) is 0 Å². The van der Waals surface area contributed by atoms with Crippen molar-refractivity contribution in [1.29, 1.82) is 0 Å². The summed E-state index contributed by atoms with van der Waals surface area (Å²) in [6.45, 7) is 5.06. The maximum absolute atomic E-state index is 12.9. The second kappa shape index (κ2) is 8.91. The Morgan fingerprint density at radius 2 is 1.90 bits per heavy atom. The molecule has 1 unspecified atom stereocenters. The van der Waals surface area contributed by atoms with Crippen molar-refractivity contribution in [2.24, 2.45) is 5.92 Å². The third-order valence-electron chi connectivity index (χ3n) is 5.31. The lowest BCUT2D eigenvalue weighted by molar-refractivity contribution is -0.133. The highest BCUT2D eigenvalue weighted by atomic mass is 32.2. The molecule has 1 fully saturated rings. The molecule has 2 aromatic rings. The number of methoxy groups -OCH3 is 1. The first kappa shape index (κ1) is 21.9. The number of amides is 1. The van der Waals surface area contributed by atoms with E-state index in [1.165, 1.54) is 42.0 Å². The molecule has 1 saturated heterocycles. The second-order valence-corrected chi connectivity index (χ2v) is 9.33. The highest BCUT2D eigenvalue weighted by molar-refractivity contribution is 7.92. The van der Waals surface area contributed by atoms with Gasteiger partial charge in [-0.05, 0) is 62.1 Å². The fraction of sp³-hybridized carbons (Fsp3) is 0.429. The lowest BCUT2D eigenvalue weighted by atomic mass is 10.0. The van der Waals surface area contributed by atoms with Gasteiger partial charge in [0.1, 0.15) is 18.0 Å². The molecule has 0 aliphatic carbocycles. The predicted molar refractivity (Wildman–Crippen MR) is 114 cm³/mol. The van der Waals surface area contributed by atoms with Crippen LogP contribution in [0.1, 0.15) is 25.5 Å². The average molecular weight is 434 g/mol. The SMILES string of the molecule is COc1ccc(S(=O)(=O)Nc2ccc(C)n(CC(=O)N3CCCC(C)C3)c2=O)cc1. The molecule has 1 aromatic carbocycles. The number of benzene rings is 1. The van der Waals surface area contributed by atoms with Crippen molar-refractivity contribution in [3.63, 3.8) is 0 Å². The quantitative estimate of drug-likeness (QED) is 0.753. The van der Waals surface area contributed by atoms with E-state index in [4.69, 9.17) is 4.74 Å². The van der Waals surface area contributed by atoms with Crippen molar-refractivity contribution in [2.45, 2.75) is 38.1 Å². The number of anilines is 1. The summed E-state index contributed by atoms with van der Waals surface area (Å²) in [6.07, 6.45) is 2.04. The number of aryl methyl sites for hydroxylation is 1. The fourth-order valence-corrected chi connectivity index (χ4v) is 4.61. The number of piperidine rings is 1. The molecule has 1 N–H and O–H groups in total. The average Bonchev–Trinajstić information content (AvgIpc) is 2.73. The molecule has 0 saturated carbocycles. The molecule has 0 radical (unpaired) electrons. The third kappa shape index (κ3) is 4.84. The highest BCUT2D eigenvalue weighted by Gasteiger charge is 2.23. The predicted octanol–water partition coefficient (Wildman–Crippen LogP) is 2.22. The minimum Gasteiger partial charge on any atom is -0.497 e. The zero-order chi connectivity index (χ0) is 21.9. The summed E-state index contributed by atoms with van der Waals surface area (Å²) in [7, 11) is -2.47. The first-order valence-electron chi connectivity index (χ1n) is 9.86. The molecule has 0 bridgehead atoms. The number of hydrogen-bond acceptors (Lipinski definition) is 5. The van der Waals surface area contributed by atoms with Crippen LogP contribution in [0.25, 0.3) is 0 Å². The Labute approximate surface area is 176 Å². The van der Waals surface area contributed by atoms with Crippen LogP contribution in [0.2, 0.25) is 0 Å². The number of nitrogens with zero attached hydrogens (tertiary/aromatic N) is 2. The van der Waals surface area contributed by atoms with E-state index in [-0.39, 0.29) is 23.0 Å². The zero-order valence-corrected chi connectivity index (χ0v) is 18.2.